The van der Waals surface area contributed by atoms with E-state index in [0.29, 0.717) is 0 Å². The van der Waals surface area contributed by atoms with Crippen LogP contribution in [0.15, 0.2) is 25.3 Å². The number of likely N-dealkylation sites (tertiary alicyclic amines) is 1. The van der Waals surface area contributed by atoms with Crippen molar-refractivity contribution in [3.05, 3.63) is 25.3 Å². The lowest BCUT2D eigenvalue weighted by Gasteiger charge is -2.45. The predicted molar refractivity (Wildman–Crippen MR) is 60.7 cm³/mol. The van der Waals surface area contributed by atoms with E-state index in [1.54, 1.807) is 17.1 Å². The number of hydrogen-bond donors (Lipinski definition) is 0. The standard InChI is InChI=1S/C12H19NO2/c1-6-9-8-10(7-2)13(9)11(14)15-12(3,4)5/h6-7,9-10H,1-2,8H2,3-5H3/t9-,10+. The number of carbonyl (C=O) groups excluding carboxylic acids is 1. The molecule has 1 fully saturated rings. The van der Waals surface area contributed by atoms with E-state index in [1.807, 2.05) is 20.8 Å². The molecule has 0 saturated carbocycles. The molecule has 1 aliphatic heterocycles. The number of carbonyl (C=O) groups is 1. The highest BCUT2D eigenvalue weighted by Gasteiger charge is 2.40. The van der Waals surface area contributed by atoms with Crippen molar-refractivity contribution in [2.24, 2.45) is 0 Å². The third-order valence-electron chi connectivity index (χ3n) is 2.35. The molecule has 0 unspecified atom stereocenters. The fraction of sp³-hybridized carbons (Fsp3) is 0.583. The van der Waals surface area contributed by atoms with Crippen molar-refractivity contribution in [1.82, 2.24) is 4.90 Å². The van der Waals surface area contributed by atoms with Crippen LogP contribution in [0.4, 0.5) is 4.79 Å². The van der Waals surface area contributed by atoms with Crippen molar-refractivity contribution in [2.45, 2.75) is 44.9 Å². The predicted octanol–water partition coefficient (Wildman–Crippen LogP) is 2.74. The van der Waals surface area contributed by atoms with Gasteiger partial charge in [-0.1, -0.05) is 12.2 Å². The lowest BCUT2D eigenvalue weighted by Crippen LogP contribution is -2.57. The van der Waals surface area contributed by atoms with Crippen molar-refractivity contribution < 1.29 is 9.53 Å². The molecule has 0 aromatic carbocycles. The summed E-state index contributed by atoms with van der Waals surface area (Å²) in [5.41, 5.74) is -0.454. The lowest BCUT2D eigenvalue weighted by molar-refractivity contribution is -0.0102. The minimum absolute atomic E-state index is 0.0860. The van der Waals surface area contributed by atoms with Gasteiger partial charge in [-0.05, 0) is 27.2 Å². The van der Waals surface area contributed by atoms with Crippen molar-refractivity contribution in [2.75, 3.05) is 0 Å². The quantitative estimate of drug-likeness (QED) is 0.654. The summed E-state index contributed by atoms with van der Waals surface area (Å²) >= 11 is 0. The summed E-state index contributed by atoms with van der Waals surface area (Å²) in [5.74, 6) is 0. The first-order chi connectivity index (χ1) is 6.89. The fourth-order valence-electron chi connectivity index (χ4n) is 1.59. The van der Waals surface area contributed by atoms with E-state index in [0.717, 1.165) is 6.42 Å². The highest BCUT2D eigenvalue weighted by Crippen LogP contribution is 2.29. The summed E-state index contributed by atoms with van der Waals surface area (Å²) in [4.78, 5) is 13.5. The van der Waals surface area contributed by atoms with Crippen molar-refractivity contribution in [1.29, 1.82) is 0 Å². The second kappa shape index (κ2) is 4.09. The largest absolute Gasteiger partial charge is 0.444 e. The molecular weight excluding hydrogens is 190 g/mol. The summed E-state index contributed by atoms with van der Waals surface area (Å²) in [7, 11) is 0. The van der Waals surface area contributed by atoms with E-state index < -0.39 is 5.60 Å². The van der Waals surface area contributed by atoms with Crippen molar-refractivity contribution in [3.8, 4) is 0 Å². The first kappa shape index (κ1) is 11.8. The highest BCUT2D eigenvalue weighted by atomic mass is 16.6. The Kier molecular flexibility index (Phi) is 3.22. The molecule has 0 aliphatic carbocycles. The molecule has 1 heterocycles. The normalized spacial score (nSPS) is 25.4. The van der Waals surface area contributed by atoms with Crippen LogP contribution < -0.4 is 0 Å². The van der Waals surface area contributed by atoms with Gasteiger partial charge in [0, 0.05) is 0 Å². The second-order valence-electron chi connectivity index (χ2n) is 4.73. The molecule has 0 aromatic heterocycles. The Balaban J connectivity index is 2.64. The summed E-state index contributed by atoms with van der Waals surface area (Å²) < 4.78 is 5.30. The molecule has 0 N–H and O–H groups in total. The Hall–Kier alpha value is -1.25. The van der Waals surface area contributed by atoms with E-state index in [4.69, 9.17) is 4.74 Å². The average molecular weight is 209 g/mol. The molecule has 1 saturated heterocycles. The third kappa shape index (κ3) is 2.61. The van der Waals surface area contributed by atoms with E-state index >= 15 is 0 Å². The molecule has 3 nitrogen and oxygen atoms in total. The van der Waals surface area contributed by atoms with Gasteiger partial charge in [0.2, 0.25) is 0 Å². The Bertz CT molecular complexity index is 264. The van der Waals surface area contributed by atoms with Gasteiger partial charge in [0.15, 0.2) is 0 Å². The van der Waals surface area contributed by atoms with Gasteiger partial charge < -0.3 is 4.74 Å². The minimum Gasteiger partial charge on any atom is -0.444 e. The second-order valence-corrected chi connectivity index (χ2v) is 4.73. The van der Waals surface area contributed by atoms with Crippen LogP contribution in [0.25, 0.3) is 0 Å². The number of ether oxygens (including phenoxy) is 1. The van der Waals surface area contributed by atoms with Crippen LogP contribution in [0, 0.1) is 0 Å². The molecule has 84 valence electrons. The maximum Gasteiger partial charge on any atom is 0.411 e. The molecule has 1 rings (SSSR count). The Morgan fingerprint density at radius 2 is 1.80 bits per heavy atom. The maximum atomic E-state index is 11.8. The topological polar surface area (TPSA) is 29.5 Å². The summed E-state index contributed by atoms with van der Waals surface area (Å²) in [5, 5.41) is 0. The van der Waals surface area contributed by atoms with Gasteiger partial charge in [-0.2, -0.15) is 0 Å². The van der Waals surface area contributed by atoms with Crippen molar-refractivity contribution in [3.63, 3.8) is 0 Å². The van der Waals surface area contributed by atoms with Gasteiger partial charge in [0.1, 0.15) is 5.60 Å². The first-order valence-corrected chi connectivity index (χ1v) is 5.15. The highest BCUT2D eigenvalue weighted by molar-refractivity contribution is 5.71. The third-order valence-corrected chi connectivity index (χ3v) is 2.35. The van der Waals surface area contributed by atoms with Crippen LogP contribution in [0.5, 0.6) is 0 Å². The molecule has 0 spiro atoms. The van der Waals surface area contributed by atoms with E-state index in [9.17, 15) is 4.79 Å². The summed E-state index contributed by atoms with van der Waals surface area (Å²) in [6.07, 6.45) is 4.14. The molecule has 0 radical (unpaired) electrons. The smallest absolute Gasteiger partial charge is 0.411 e. The van der Waals surface area contributed by atoms with E-state index in [1.165, 1.54) is 0 Å². The van der Waals surface area contributed by atoms with Gasteiger partial charge in [0.05, 0.1) is 12.1 Å². The number of rotatable bonds is 2. The maximum absolute atomic E-state index is 11.8. The van der Waals surface area contributed by atoms with Crippen LogP contribution in [0.3, 0.4) is 0 Å². The Labute approximate surface area is 91.4 Å². The monoisotopic (exact) mass is 209 g/mol. The van der Waals surface area contributed by atoms with E-state index in [-0.39, 0.29) is 18.2 Å². The zero-order valence-electron chi connectivity index (χ0n) is 9.69. The SMILES string of the molecule is C=C[C@@H]1C[C@H](C=C)N1C(=O)OC(C)(C)C. The van der Waals surface area contributed by atoms with Gasteiger partial charge in [-0.15, -0.1) is 13.2 Å². The van der Waals surface area contributed by atoms with E-state index in [2.05, 4.69) is 13.2 Å². The molecule has 0 aromatic rings. The van der Waals surface area contributed by atoms with Gasteiger partial charge in [-0.25, -0.2) is 4.79 Å². The number of hydrogen-bond acceptors (Lipinski definition) is 2. The zero-order valence-corrected chi connectivity index (χ0v) is 9.69. The lowest BCUT2D eigenvalue weighted by atomic mass is 9.94. The van der Waals surface area contributed by atoms with Crippen LogP contribution in [0.2, 0.25) is 0 Å². The first-order valence-electron chi connectivity index (χ1n) is 5.15. The summed E-state index contributed by atoms with van der Waals surface area (Å²) in [6, 6.07) is 0.172. The molecule has 3 heteroatoms. The fourth-order valence-corrected chi connectivity index (χ4v) is 1.59. The Morgan fingerprint density at radius 3 is 2.13 bits per heavy atom. The molecule has 0 bridgehead atoms. The minimum atomic E-state index is -0.454. The van der Waals surface area contributed by atoms with Gasteiger partial charge in [0.25, 0.3) is 0 Å². The van der Waals surface area contributed by atoms with Gasteiger partial charge in [-0.3, -0.25) is 4.90 Å². The Morgan fingerprint density at radius 1 is 1.33 bits per heavy atom. The van der Waals surface area contributed by atoms with Crippen LogP contribution in [-0.4, -0.2) is 28.7 Å². The zero-order chi connectivity index (χ0) is 11.6. The number of amides is 1. The molecular formula is C12H19NO2. The average Bonchev–Trinajstić information content (AvgIpc) is 1.99. The molecule has 2 atom stereocenters. The molecule has 15 heavy (non-hydrogen) atoms. The molecule has 1 amide bonds. The van der Waals surface area contributed by atoms with Crippen LogP contribution in [0.1, 0.15) is 27.2 Å². The number of nitrogens with zero attached hydrogens (tertiary/aromatic N) is 1. The molecule has 1 aliphatic rings. The van der Waals surface area contributed by atoms with Crippen molar-refractivity contribution >= 4 is 6.09 Å². The van der Waals surface area contributed by atoms with Crippen LogP contribution in [-0.2, 0) is 4.74 Å². The van der Waals surface area contributed by atoms with Crippen LogP contribution >= 0.6 is 0 Å². The summed E-state index contributed by atoms with van der Waals surface area (Å²) in [6.45, 7) is 13.0. The van der Waals surface area contributed by atoms with Gasteiger partial charge >= 0.3 is 6.09 Å².